The second kappa shape index (κ2) is 6.93. The molecule has 3 nitrogen and oxygen atoms in total. The fourth-order valence-electron chi connectivity index (χ4n) is 1.48. The lowest BCUT2D eigenvalue weighted by Crippen LogP contribution is -2.24. The van der Waals surface area contributed by atoms with Crippen LogP contribution in [-0.4, -0.2) is 23.0 Å². The van der Waals surface area contributed by atoms with Gasteiger partial charge in [0.1, 0.15) is 5.01 Å². The highest BCUT2D eigenvalue weighted by Crippen LogP contribution is 2.11. The van der Waals surface area contributed by atoms with Gasteiger partial charge in [-0.05, 0) is 19.5 Å². The standard InChI is InChI=1S/C11H21N3S/c1-3-5-6-14(4-2)8-10-9-15-11(7-12)13-10/h9H,3-8,12H2,1-2H3. The van der Waals surface area contributed by atoms with Crippen molar-refractivity contribution in [1.29, 1.82) is 0 Å². The number of unbranched alkanes of at least 4 members (excludes halogenated alkanes) is 1. The van der Waals surface area contributed by atoms with Crippen LogP contribution in [0.3, 0.4) is 0 Å². The van der Waals surface area contributed by atoms with Crippen LogP contribution >= 0.6 is 11.3 Å². The Labute approximate surface area is 96.3 Å². The third kappa shape index (κ3) is 4.28. The predicted octanol–water partition coefficient (Wildman–Crippen LogP) is 2.22. The van der Waals surface area contributed by atoms with Crippen LogP contribution in [0.1, 0.15) is 37.4 Å². The number of rotatable bonds is 7. The van der Waals surface area contributed by atoms with Crippen molar-refractivity contribution in [3.63, 3.8) is 0 Å². The van der Waals surface area contributed by atoms with Gasteiger partial charge in [-0.1, -0.05) is 20.3 Å². The van der Waals surface area contributed by atoms with Gasteiger partial charge in [-0.15, -0.1) is 11.3 Å². The van der Waals surface area contributed by atoms with Gasteiger partial charge in [0.15, 0.2) is 0 Å². The Balaban J connectivity index is 2.43. The van der Waals surface area contributed by atoms with Crippen molar-refractivity contribution in [3.05, 3.63) is 16.1 Å². The normalized spacial score (nSPS) is 11.2. The summed E-state index contributed by atoms with van der Waals surface area (Å²) in [5.41, 5.74) is 6.71. The number of nitrogens with two attached hydrogens (primary N) is 1. The molecule has 0 aliphatic carbocycles. The van der Waals surface area contributed by atoms with E-state index in [0.29, 0.717) is 6.54 Å². The zero-order valence-corrected chi connectivity index (χ0v) is 10.5. The average molecular weight is 227 g/mol. The maximum atomic E-state index is 5.54. The summed E-state index contributed by atoms with van der Waals surface area (Å²) in [7, 11) is 0. The molecule has 0 saturated carbocycles. The van der Waals surface area contributed by atoms with E-state index in [1.165, 1.54) is 25.1 Å². The predicted molar refractivity (Wildman–Crippen MR) is 65.9 cm³/mol. The molecule has 0 unspecified atom stereocenters. The number of hydrogen-bond donors (Lipinski definition) is 1. The maximum absolute atomic E-state index is 5.54. The van der Waals surface area contributed by atoms with Gasteiger partial charge in [-0.3, -0.25) is 4.90 Å². The fourth-order valence-corrected chi connectivity index (χ4v) is 2.14. The third-order valence-electron chi connectivity index (χ3n) is 2.43. The molecule has 0 aromatic carbocycles. The van der Waals surface area contributed by atoms with Gasteiger partial charge in [-0.25, -0.2) is 4.98 Å². The van der Waals surface area contributed by atoms with E-state index in [2.05, 4.69) is 29.1 Å². The quantitative estimate of drug-likeness (QED) is 0.776. The summed E-state index contributed by atoms with van der Waals surface area (Å²) in [6.07, 6.45) is 2.52. The third-order valence-corrected chi connectivity index (χ3v) is 3.35. The Bertz CT molecular complexity index is 273. The number of aromatic nitrogens is 1. The first-order valence-electron chi connectivity index (χ1n) is 5.65. The molecule has 0 bridgehead atoms. The van der Waals surface area contributed by atoms with Crippen LogP contribution in [0.15, 0.2) is 5.38 Å². The fraction of sp³-hybridized carbons (Fsp3) is 0.727. The second-order valence-corrected chi connectivity index (χ2v) is 4.60. The number of thiazole rings is 1. The lowest BCUT2D eigenvalue weighted by Gasteiger charge is -2.18. The van der Waals surface area contributed by atoms with Crippen LogP contribution < -0.4 is 5.73 Å². The Morgan fingerprint density at radius 2 is 2.27 bits per heavy atom. The van der Waals surface area contributed by atoms with Crippen LogP contribution in [0.5, 0.6) is 0 Å². The Kier molecular flexibility index (Phi) is 5.83. The molecule has 1 aromatic heterocycles. The molecule has 0 aliphatic heterocycles. The average Bonchev–Trinajstić information content (AvgIpc) is 2.71. The Morgan fingerprint density at radius 1 is 1.47 bits per heavy atom. The van der Waals surface area contributed by atoms with Crippen LogP contribution in [0.4, 0.5) is 0 Å². The molecule has 0 radical (unpaired) electrons. The summed E-state index contributed by atoms with van der Waals surface area (Å²) in [6, 6.07) is 0. The first kappa shape index (κ1) is 12.6. The summed E-state index contributed by atoms with van der Waals surface area (Å²) < 4.78 is 0. The van der Waals surface area contributed by atoms with E-state index in [4.69, 9.17) is 5.73 Å². The van der Waals surface area contributed by atoms with Crippen LogP contribution in [-0.2, 0) is 13.1 Å². The van der Waals surface area contributed by atoms with E-state index in [0.717, 1.165) is 18.1 Å². The molecule has 0 amide bonds. The van der Waals surface area contributed by atoms with E-state index >= 15 is 0 Å². The Morgan fingerprint density at radius 3 is 2.80 bits per heavy atom. The monoisotopic (exact) mass is 227 g/mol. The molecule has 0 atom stereocenters. The van der Waals surface area contributed by atoms with Crippen LogP contribution in [0.25, 0.3) is 0 Å². The molecule has 0 aliphatic rings. The van der Waals surface area contributed by atoms with Gasteiger partial charge in [0.05, 0.1) is 5.69 Å². The summed E-state index contributed by atoms with van der Waals surface area (Å²) in [5, 5.41) is 3.16. The molecular formula is C11H21N3S. The van der Waals surface area contributed by atoms with E-state index in [1.54, 1.807) is 11.3 Å². The van der Waals surface area contributed by atoms with Gasteiger partial charge in [-0.2, -0.15) is 0 Å². The van der Waals surface area contributed by atoms with Crippen molar-refractivity contribution in [2.45, 2.75) is 39.8 Å². The van der Waals surface area contributed by atoms with Gasteiger partial charge in [0.25, 0.3) is 0 Å². The van der Waals surface area contributed by atoms with E-state index < -0.39 is 0 Å². The molecule has 0 spiro atoms. The highest BCUT2D eigenvalue weighted by atomic mass is 32.1. The zero-order chi connectivity index (χ0) is 11.1. The molecule has 15 heavy (non-hydrogen) atoms. The largest absolute Gasteiger partial charge is 0.325 e. The summed E-state index contributed by atoms with van der Waals surface area (Å²) >= 11 is 1.66. The SMILES string of the molecule is CCCCN(CC)Cc1csc(CN)n1. The van der Waals surface area contributed by atoms with Gasteiger partial charge >= 0.3 is 0 Å². The minimum absolute atomic E-state index is 0.561. The first-order chi connectivity index (χ1) is 7.30. The minimum Gasteiger partial charge on any atom is -0.325 e. The molecule has 86 valence electrons. The molecular weight excluding hydrogens is 206 g/mol. The van der Waals surface area contributed by atoms with Crippen molar-refractivity contribution in [2.75, 3.05) is 13.1 Å². The summed E-state index contributed by atoms with van der Waals surface area (Å²) in [4.78, 5) is 6.91. The highest BCUT2D eigenvalue weighted by Gasteiger charge is 2.06. The van der Waals surface area contributed by atoms with Crippen molar-refractivity contribution in [3.8, 4) is 0 Å². The van der Waals surface area contributed by atoms with Crippen molar-refractivity contribution in [2.24, 2.45) is 5.73 Å². The molecule has 1 heterocycles. The van der Waals surface area contributed by atoms with E-state index in [-0.39, 0.29) is 0 Å². The van der Waals surface area contributed by atoms with Crippen molar-refractivity contribution >= 4 is 11.3 Å². The van der Waals surface area contributed by atoms with Crippen LogP contribution in [0.2, 0.25) is 0 Å². The van der Waals surface area contributed by atoms with Gasteiger partial charge < -0.3 is 5.73 Å². The molecule has 4 heteroatoms. The van der Waals surface area contributed by atoms with E-state index in [1.807, 2.05) is 0 Å². The molecule has 1 aromatic rings. The minimum atomic E-state index is 0.561. The Hall–Kier alpha value is -0.450. The van der Waals surface area contributed by atoms with Gasteiger partial charge in [0, 0.05) is 18.5 Å². The highest BCUT2D eigenvalue weighted by molar-refractivity contribution is 7.09. The maximum Gasteiger partial charge on any atom is 0.106 e. The lowest BCUT2D eigenvalue weighted by molar-refractivity contribution is 0.272. The molecule has 2 N–H and O–H groups in total. The summed E-state index contributed by atoms with van der Waals surface area (Å²) in [6.45, 7) is 8.21. The van der Waals surface area contributed by atoms with Gasteiger partial charge in [0.2, 0.25) is 0 Å². The van der Waals surface area contributed by atoms with Crippen molar-refractivity contribution in [1.82, 2.24) is 9.88 Å². The van der Waals surface area contributed by atoms with E-state index in [9.17, 15) is 0 Å². The number of nitrogens with zero attached hydrogens (tertiary/aromatic N) is 2. The van der Waals surface area contributed by atoms with Crippen LogP contribution in [0, 0.1) is 0 Å². The molecule has 1 rings (SSSR count). The zero-order valence-electron chi connectivity index (χ0n) is 9.70. The number of hydrogen-bond acceptors (Lipinski definition) is 4. The lowest BCUT2D eigenvalue weighted by atomic mass is 10.3. The smallest absolute Gasteiger partial charge is 0.106 e. The first-order valence-corrected chi connectivity index (χ1v) is 6.53. The van der Waals surface area contributed by atoms with Crippen molar-refractivity contribution < 1.29 is 0 Å². The second-order valence-electron chi connectivity index (χ2n) is 3.66. The molecule has 0 fully saturated rings. The summed E-state index contributed by atoms with van der Waals surface area (Å²) in [5.74, 6) is 0. The topological polar surface area (TPSA) is 42.1 Å². The molecule has 0 saturated heterocycles.